The summed E-state index contributed by atoms with van der Waals surface area (Å²) in [5, 5.41) is 10.7. The molecular weight excluding hydrogens is 240 g/mol. The molecule has 1 aromatic carbocycles. The fourth-order valence-electron chi connectivity index (χ4n) is 2.78. The summed E-state index contributed by atoms with van der Waals surface area (Å²) in [5.74, 6) is 1.57. The molecule has 0 atom stereocenters. The number of aromatic nitrogens is 2. The number of aliphatic hydroxyl groups is 1. The number of hydrogen-bond acceptors (Lipinski definition) is 3. The van der Waals surface area contributed by atoms with Crippen molar-refractivity contribution in [2.45, 2.75) is 31.3 Å². The van der Waals surface area contributed by atoms with Crippen LogP contribution in [-0.2, 0) is 5.60 Å². The summed E-state index contributed by atoms with van der Waals surface area (Å²) in [7, 11) is 1.65. The Morgan fingerprint density at radius 3 is 2.53 bits per heavy atom. The van der Waals surface area contributed by atoms with Gasteiger partial charge in [-0.3, -0.25) is 0 Å². The predicted molar refractivity (Wildman–Crippen MR) is 72.5 cm³/mol. The highest BCUT2D eigenvalue weighted by Gasteiger charge is 2.37. The van der Waals surface area contributed by atoms with Crippen LogP contribution in [0.2, 0.25) is 0 Å². The predicted octanol–water partition coefficient (Wildman–Crippen LogP) is 2.64. The van der Waals surface area contributed by atoms with Crippen LogP contribution in [0.15, 0.2) is 36.7 Å². The molecule has 4 nitrogen and oxygen atoms in total. The highest BCUT2D eigenvalue weighted by molar-refractivity contribution is 5.39. The largest absolute Gasteiger partial charge is 0.497 e. The Morgan fingerprint density at radius 2 is 1.89 bits per heavy atom. The highest BCUT2D eigenvalue weighted by Crippen LogP contribution is 2.38. The molecule has 1 heterocycles. The Morgan fingerprint density at radius 1 is 1.21 bits per heavy atom. The first kappa shape index (κ1) is 12.2. The van der Waals surface area contributed by atoms with Crippen molar-refractivity contribution in [2.75, 3.05) is 7.11 Å². The molecule has 1 N–H and O–H groups in total. The number of hydrogen-bond donors (Lipinski definition) is 1. The molecule has 1 aromatic heterocycles. The van der Waals surface area contributed by atoms with E-state index in [4.69, 9.17) is 4.74 Å². The second kappa shape index (κ2) is 4.70. The average molecular weight is 258 g/mol. The molecule has 2 aromatic rings. The van der Waals surface area contributed by atoms with Crippen LogP contribution in [0.4, 0.5) is 0 Å². The van der Waals surface area contributed by atoms with E-state index in [1.807, 2.05) is 35.0 Å². The van der Waals surface area contributed by atoms with Crippen LogP contribution in [0.3, 0.4) is 0 Å². The molecule has 0 spiro atoms. The molecule has 19 heavy (non-hydrogen) atoms. The van der Waals surface area contributed by atoms with Crippen LogP contribution in [0.5, 0.6) is 5.75 Å². The zero-order chi connectivity index (χ0) is 13.3. The summed E-state index contributed by atoms with van der Waals surface area (Å²) in [6.45, 7) is 0. The van der Waals surface area contributed by atoms with Crippen LogP contribution in [-0.4, -0.2) is 21.8 Å². The van der Waals surface area contributed by atoms with Gasteiger partial charge in [-0.05, 0) is 49.9 Å². The van der Waals surface area contributed by atoms with Crippen molar-refractivity contribution >= 4 is 0 Å². The second-order valence-corrected chi connectivity index (χ2v) is 5.06. The minimum Gasteiger partial charge on any atom is -0.497 e. The van der Waals surface area contributed by atoms with E-state index in [1.54, 1.807) is 13.3 Å². The topological polar surface area (TPSA) is 47.3 Å². The van der Waals surface area contributed by atoms with E-state index >= 15 is 0 Å². The molecule has 1 fully saturated rings. The van der Waals surface area contributed by atoms with Gasteiger partial charge in [-0.1, -0.05) is 0 Å². The van der Waals surface area contributed by atoms with Gasteiger partial charge >= 0.3 is 0 Å². The summed E-state index contributed by atoms with van der Waals surface area (Å²) in [4.78, 5) is 4.37. The molecule has 0 aliphatic heterocycles. The average Bonchev–Trinajstić information content (AvgIpc) is 3.08. The molecule has 1 aliphatic rings. The van der Waals surface area contributed by atoms with E-state index in [-0.39, 0.29) is 0 Å². The Labute approximate surface area is 112 Å². The lowest BCUT2D eigenvalue weighted by atomic mass is 10.0. The molecule has 0 saturated heterocycles. The number of ether oxygens (including phenoxy) is 1. The normalized spacial score (nSPS) is 17.6. The fourth-order valence-corrected chi connectivity index (χ4v) is 2.78. The third kappa shape index (κ3) is 2.12. The van der Waals surface area contributed by atoms with Gasteiger partial charge in [0.25, 0.3) is 0 Å². The maximum Gasteiger partial charge on any atom is 0.145 e. The lowest BCUT2D eigenvalue weighted by Gasteiger charge is -2.22. The Balaban J connectivity index is 1.99. The van der Waals surface area contributed by atoms with Gasteiger partial charge in [0.15, 0.2) is 0 Å². The van der Waals surface area contributed by atoms with Crippen LogP contribution in [0.25, 0.3) is 5.69 Å². The molecule has 100 valence electrons. The minimum absolute atomic E-state index is 0.746. The lowest BCUT2D eigenvalue weighted by Crippen LogP contribution is -2.25. The maximum absolute atomic E-state index is 10.7. The summed E-state index contributed by atoms with van der Waals surface area (Å²) >= 11 is 0. The Kier molecular flexibility index (Phi) is 3.03. The minimum atomic E-state index is -0.774. The van der Waals surface area contributed by atoms with Crippen molar-refractivity contribution in [2.24, 2.45) is 0 Å². The van der Waals surface area contributed by atoms with Crippen molar-refractivity contribution in [3.05, 3.63) is 42.5 Å². The van der Waals surface area contributed by atoms with E-state index in [9.17, 15) is 5.11 Å². The number of rotatable bonds is 3. The molecular formula is C15H18N2O2. The van der Waals surface area contributed by atoms with E-state index in [2.05, 4.69) is 4.98 Å². The highest BCUT2D eigenvalue weighted by atomic mass is 16.5. The SMILES string of the molecule is COc1ccc(-n2ccnc2C2(O)CCCC2)cc1. The van der Waals surface area contributed by atoms with Gasteiger partial charge < -0.3 is 14.4 Å². The summed E-state index contributed by atoms with van der Waals surface area (Å²) < 4.78 is 7.13. The van der Waals surface area contributed by atoms with Crippen molar-refractivity contribution < 1.29 is 9.84 Å². The summed E-state index contributed by atoms with van der Waals surface area (Å²) in [6.07, 6.45) is 7.35. The Bertz CT molecular complexity index is 554. The van der Waals surface area contributed by atoms with E-state index in [1.165, 1.54) is 0 Å². The number of methoxy groups -OCH3 is 1. The van der Waals surface area contributed by atoms with Crippen molar-refractivity contribution in [1.82, 2.24) is 9.55 Å². The monoisotopic (exact) mass is 258 g/mol. The van der Waals surface area contributed by atoms with Crippen LogP contribution in [0, 0.1) is 0 Å². The Hall–Kier alpha value is -1.81. The molecule has 4 heteroatoms. The van der Waals surface area contributed by atoms with Crippen LogP contribution < -0.4 is 4.74 Å². The van der Waals surface area contributed by atoms with Crippen molar-refractivity contribution in [3.63, 3.8) is 0 Å². The third-order valence-electron chi connectivity index (χ3n) is 3.84. The van der Waals surface area contributed by atoms with Gasteiger partial charge in [0.2, 0.25) is 0 Å². The van der Waals surface area contributed by atoms with Gasteiger partial charge in [-0.2, -0.15) is 0 Å². The van der Waals surface area contributed by atoms with Gasteiger partial charge in [0.05, 0.1) is 7.11 Å². The van der Waals surface area contributed by atoms with Crippen molar-refractivity contribution in [1.29, 1.82) is 0 Å². The van der Waals surface area contributed by atoms with Gasteiger partial charge in [-0.15, -0.1) is 0 Å². The molecule has 1 aliphatic carbocycles. The number of benzene rings is 1. The van der Waals surface area contributed by atoms with E-state index in [0.717, 1.165) is 42.9 Å². The first-order valence-electron chi connectivity index (χ1n) is 6.64. The van der Waals surface area contributed by atoms with Crippen molar-refractivity contribution in [3.8, 4) is 11.4 Å². The molecule has 1 saturated carbocycles. The number of imidazole rings is 1. The molecule has 0 radical (unpaired) electrons. The van der Waals surface area contributed by atoms with Gasteiger partial charge in [-0.25, -0.2) is 4.98 Å². The zero-order valence-corrected chi connectivity index (χ0v) is 11.0. The zero-order valence-electron chi connectivity index (χ0n) is 11.0. The number of nitrogens with zero attached hydrogens (tertiary/aromatic N) is 2. The van der Waals surface area contributed by atoms with Gasteiger partial charge in [0.1, 0.15) is 17.2 Å². The smallest absolute Gasteiger partial charge is 0.145 e. The quantitative estimate of drug-likeness (QED) is 0.920. The summed E-state index contributed by atoms with van der Waals surface area (Å²) in [6, 6.07) is 7.78. The maximum atomic E-state index is 10.7. The van der Waals surface area contributed by atoms with E-state index < -0.39 is 5.60 Å². The molecule has 0 bridgehead atoms. The standard InChI is InChI=1S/C15H18N2O2/c1-19-13-6-4-12(5-7-13)17-11-10-16-14(17)15(18)8-2-3-9-15/h4-7,10-11,18H,2-3,8-9H2,1H3. The van der Waals surface area contributed by atoms with Crippen LogP contribution >= 0.6 is 0 Å². The third-order valence-corrected chi connectivity index (χ3v) is 3.84. The second-order valence-electron chi connectivity index (χ2n) is 5.06. The fraction of sp³-hybridized carbons (Fsp3) is 0.400. The van der Waals surface area contributed by atoms with E-state index in [0.29, 0.717) is 0 Å². The van der Waals surface area contributed by atoms with Crippen LogP contribution in [0.1, 0.15) is 31.5 Å². The molecule has 0 unspecified atom stereocenters. The lowest BCUT2D eigenvalue weighted by molar-refractivity contribution is 0.0337. The molecule has 0 amide bonds. The summed E-state index contributed by atoms with van der Waals surface area (Å²) in [5.41, 5.74) is 0.220. The first-order chi connectivity index (χ1) is 9.23. The molecule has 3 rings (SSSR count). The van der Waals surface area contributed by atoms with Gasteiger partial charge in [0, 0.05) is 18.1 Å². The first-order valence-corrected chi connectivity index (χ1v) is 6.64.